The van der Waals surface area contributed by atoms with Crippen LogP contribution < -0.4 is 9.47 Å². The summed E-state index contributed by atoms with van der Waals surface area (Å²) < 4.78 is 24.7. The van der Waals surface area contributed by atoms with Crippen LogP contribution in [0.2, 0.25) is 0 Å². The zero-order chi connectivity index (χ0) is 34.4. The summed E-state index contributed by atoms with van der Waals surface area (Å²) in [5.41, 5.74) is -0.282. The molecule has 4 aromatic heterocycles. The molecule has 48 heavy (non-hydrogen) atoms. The molecule has 0 amide bonds. The number of aliphatic hydroxyl groups excluding tert-OH is 6. The van der Waals surface area contributed by atoms with Crippen molar-refractivity contribution in [1.82, 2.24) is 40.0 Å². The lowest BCUT2D eigenvalue weighted by molar-refractivity contribution is -0.180. The summed E-state index contributed by atoms with van der Waals surface area (Å²) in [6.45, 7) is 0.0968. The largest absolute Gasteiger partial charge is 0.481 e. The zero-order valence-corrected chi connectivity index (χ0v) is 27.1. The summed E-state index contributed by atoms with van der Waals surface area (Å²) >= 11 is 0.837. The molecule has 0 aliphatic carbocycles. The van der Waals surface area contributed by atoms with Gasteiger partial charge in [-0.1, -0.05) is 22.2 Å². The van der Waals surface area contributed by atoms with Crippen LogP contribution in [0.3, 0.4) is 0 Å². The molecule has 4 aromatic rings. The van der Waals surface area contributed by atoms with Crippen LogP contribution in [0.5, 0.6) is 11.8 Å². The van der Waals surface area contributed by atoms with E-state index < -0.39 is 66.8 Å². The van der Waals surface area contributed by atoms with Crippen LogP contribution in [-0.2, 0) is 16.0 Å². The van der Waals surface area contributed by atoms with Gasteiger partial charge in [0.2, 0.25) is 11.8 Å². The number of pyridine rings is 2. The van der Waals surface area contributed by atoms with E-state index in [1.54, 1.807) is 36.7 Å². The number of aliphatic hydroxyl groups is 6. The average Bonchev–Trinajstić information content (AvgIpc) is 3.78. The van der Waals surface area contributed by atoms with Crippen LogP contribution in [0.25, 0.3) is 22.5 Å². The van der Waals surface area contributed by atoms with Gasteiger partial charge in [-0.2, -0.15) is 0 Å². The molecule has 1 saturated heterocycles. The predicted octanol–water partition coefficient (Wildman–Crippen LogP) is -1.13. The Morgan fingerprint density at radius 3 is 2.06 bits per heavy atom. The second-order valence-corrected chi connectivity index (χ2v) is 12.2. The molecule has 19 heteroatoms. The Hall–Kier alpha value is -3.79. The number of methoxy groups -OCH3 is 2. The first kappa shape index (κ1) is 35.5. The summed E-state index contributed by atoms with van der Waals surface area (Å²) in [7, 11) is 3.00. The molecule has 5 unspecified atom stereocenters. The van der Waals surface area contributed by atoms with Gasteiger partial charge in [0.25, 0.3) is 0 Å². The number of rotatable bonds is 15. The van der Waals surface area contributed by atoms with Gasteiger partial charge in [0.05, 0.1) is 52.5 Å². The Bertz CT molecular complexity index is 1580. The van der Waals surface area contributed by atoms with Crippen LogP contribution in [-0.4, -0.2) is 146 Å². The topological polar surface area (TPSA) is 245 Å². The van der Waals surface area contributed by atoms with Gasteiger partial charge in [-0.15, -0.1) is 10.2 Å². The molecule has 260 valence electrons. The third-order valence-electron chi connectivity index (χ3n) is 7.67. The standard InChI is InChI=1S/C29H38N8O10S/c1-15(40)21(13-38)46-28(20(41)12-36-10-18(32-34-36)16-4-6-23(44-2)30-8-16)48-29-27(43)25(26(42)22(14-39)47-29)37-11-19(33-35-37)17-5-7-24(45-3)31-9-17/h4-11,15,20-22,25-29,38-43H,12-14H2,1-3H3/t15-,20+,21?,22-,25?,26?,27?,28?,29+/m1/s1. The minimum atomic E-state index is -1.46. The lowest BCUT2D eigenvalue weighted by atomic mass is 9.97. The third-order valence-corrected chi connectivity index (χ3v) is 9.02. The molecule has 18 nitrogen and oxygen atoms in total. The first-order valence-electron chi connectivity index (χ1n) is 14.9. The molecule has 0 spiro atoms. The maximum Gasteiger partial charge on any atom is 0.212 e. The Morgan fingerprint density at radius 1 is 0.896 bits per heavy atom. The minimum Gasteiger partial charge on any atom is -0.481 e. The van der Waals surface area contributed by atoms with Crippen LogP contribution in [0.1, 0.15) is 13.0 Å². The Morgan fingerprint density at radius 2 is 1.52 bits per heavy atom. The molecule has 5 heterocycles. The summed E-state index contributed by atoms with van der Waals surface area (Å²) in [6.07, 6.45) is -1.40. The van der Waals surface area contributed by atoms with Gasteiger partial charge in [-0.3, -0.25) is 0 Å². The number of aromatic nitrogens is 8. The molecular formula is C29H38N8O10S. The first-order chi connectivity index (χ1) is 23.1. The van der Waals surface area contributed by atoms with Crippen molar-refractivity contribution < 1.29 is 49.6 Å². The molecule has 9 atom stereocenters. The molecule has 0 saturated carbocycles. The summed E-state index contributed by atoms with van der Waals surface area (Å²) in [6, 6.07) is 5.66. The second-order valence-electron chi connectivity index (χ2n) is 11.0. The van der Waals surface area contributed by atoms with Gasteiger partial charge in [0, 0.05) is 35.7 Å². The normalized spacial score (nSPS) is 23.7. The fourth-order valence-electron chi connectivity index (χ4n) is 4.98. The number of hydrogen-bond acceptors (Lipinski definition) is 17. The highest BCUT2D eigenvalue weighted by Crippen LogP contribution is 2.38. The van der Waals surface area contributed by atoms with Crippen LogP contribution in [0.15, 0.2) is 49.1 Å². The van der Waals surface area contributed by atoms with E-state index in [-0.39, 0.29) is 6.54 Å². The van der Waals surface area contributed by atoms with Gasteiger partial charge in [0.15, 0.2) is 0 Å². The SMILES string of the molecule is COc1ccc(-c2cn(C[C@H](O)C(OC(CO)[C@@H](C)O)S[C@@H]3O[C@H](CO)C(O)C(n4cc(-c5ccc(OC)nc5)nn4)C3O)nn2)cn1. The number of thioether (sulfide) groups is 1. The van der Waals surface area contributed by atoms with Crippen LogP contribution >= 0.6 is 11.8 Å². The Balaban J connectivity index is 1.36. The summed E-state index contributed by atoms with van der Waals surface area (Å²) in [5.74, 6) is 0.836. The average molecular weight is 691 g/mol. The molecule has 5 rings (SSSR count). The number of ether oxygens (including phenoxy) is 4. The Kier molecular flexibility index (Phi) is 11.9. The van der Waals surface area contributed by atoms with E-state index in [4.69, 9.17) is 18.9 Å². The van der Waals surface area contributed by atoms with Gasteiger partial charge < -0.3 is 49.6 Å². The summed E-state index contributed by atoms with van der Waals surface area (Å²) in [4.78, 5) is 8.32. The molecule has 0 radical (unpaired) electrons. The highest BCUT2D eigenvalue weighted by molar-refractivity contribution is 8.00. The fourth-order valence-corrected chi connectivity index (χ4v) is 6.25. The van der Waals surface area contributed by atoms with Crippen molar-refractivity contribution in [3.63, 3.8) is 0 Å². The quantitative estimate of drug-likeness (QED) is 0.0808. The van der Waals surface area contributed by atoms with Crippen molar-refractivity contribution in [2.45, 2.75) is 67.0 Å². The van der Waals surface area contributed by atoms with E-state index in [1.165, 1.54) is 42.9 Å². The van der Waals surface area contributed by atoms with E-state index in [9.17, 15) is 30.6 Å². The molecule has 1 fully saturated rings. The van der Waals surface area contributed by atoms with Crippen molar-refractivity contribution in [2.24, 2.45) is 0 Å². The molecular weight excluding hydrogens is 652 g/mol. The van der Waals surface area contributed by atoms with Crippen molar-refractivity contribution in [2.75, 3.05) is 27.4 Å². The van der Waals surface area contributed by atoms with Gasteiger partial charge in [0.1, 0.15) is 58.8 Å². The van der Waals surface area contributed by atoms with Gasteiger partial charge in [-0.05, 0) is 19.1 Å². The first-order valence-corrected chi connectivity index (χ1v) is 15.8. The lowest BCUT2D eigenvalue weighted by Crippen LogP contribution is -2.56. The Labute approximate surface area is 278 Å². The van der Waals surface area contributed by atoms with Gasteiger partial charge in [-0.25, -0.2) is 19.3 Å². The molecule has 1 aliphatic rings. The molecule has 0 bridgehead atoms. The van der Waals surface area contributed by atoms with E-state index in [0.29, 0.717) is 34.3 Å². The fraction of sp³-hybridized carbons (Fsp3) is 0.517. The highest BCUT2D eigenvalue weighted by Gasteiger charge is 2.48. The monoisotopic (exact) mass is 690 g/mol. The maximum absolute atomic E-state index is 11.5. The van der Waals surface area contributed by atoms with Crippen LogP contribution in [0.4, 0.5) is 0 Å². The third kappa shape index (κ3) is 8.08. The van der Waals surface area contributed by atoms with E-state index in [0.717, 1.165) is 11.8 Å². The van der Waals surface area contributed by atoms with Crippen molar-refractivity contribution >= 4 is 11.8 Å². The van der Waals surface area contributed by atoms with Crippen molar-refractivity contribution in [3.05, 3.63) is 49.1 Å². The van der Waals surface area contributed by atoms with E-state index in [2.05, 4.69) is 30.6 Å². The van der Waals surface area contributed by atoms with Crippen molar-refractivity contribution in [1.29, 1.82) is 0 Å². The highest BCUT2D eigenvalue weighted by atomic mass is 32.2. The number of nitrogens with zero attached hydrogens (tertiary/aromatic N) is 8. The minimum absolute atomic E-state index is 0.146. The predicted molar refractivity (Wildman–Crippen MR) is 167 cm³/mol. The maximum atomic E-state index is 11.5. The van der Waals surface area contributed by atoms with Crippen molar-refractivity contribution in [3.8, 4) is 34.3 Å². The summed E-state index contributed by atoms with van der Waals surface area (Å²) in [5, 5.41) is 80.6. The smallest absolute Gasteiger partial charge is 0.212 e. The molecule has 0 aromatic carbocycles. The zero-order valence-electron chi connectivity index (χ0n) is 26.2. The second kappa shape index (κ2) is 16.1. The van der Waals surface area contributed by atoms with Crippen LogP contribution in [0, 0.1) is 0 Å². The van der Waals surface area contributed by atoms with E-state index >= 15 is 0 Å². The molecule has 1 aliphatic heterocycles. The van der Waals surface area contributed by atoms with Gasteiger partial charge >= 0.3 is 0 Å². The molecule has 6 N–H and O–H groups in total. The lowest BCUT2D eigenvalue weighted by Gasteiger charge is -2.43. The number of hydrogen-bond donors (Lipinski definition) is 6. The van der Waals surface area contributed by atoms with E-state index in [1.807, 2.05) is 0 Å².